The highest BCUT2D eigenvalue weighted by Gasteiger charge is 2.09. The van der Waals surface area contributed by atoms with Crippen LogP contribution in [0.5, 0.6) is 0 Å². The van der Waals surface area contributed by atoms with Crippen LogP contribution in [0.2, 0.25) is 5.02 Å². The predicted molar refractivity (Wildman–Crippen MR) is 67.5 cm³/mol. The van der Waals surface area contributed by atoms with Gasteiger partial charge in [-0.1, -0.05) is 34.5 Å². The second-order valence-corrected chi connectivity index (χ2v) is 4.55. The molecule has 19 heavy (non-hydrogen) atoms. The average Bonchev–Trinajstić information content (AvgIpc) is 2.32. The maximum atomic E-state index is 8.63. The van der Waals surface area contributed by atoms with Gasteiger partial charge in [0.2, 0.25) is 22.3 Å². The smallest absolute Gasteiger partial charge is 0.238 e. The Hall–Kier alpha value is -1.74. The van der Waals surface area contributed by atoms with Crippen molar-refractivity contribution in [3.8, 4) is 5.69 Å². The molecule has 7 nitrogen and oxygen atoms in total. The zero-order valence-corrected chi connectivity index (χ0v) is 11.0. The number of hydrogen-bond acceptors (Lipinski definition) is 5. The minimum absolute atomic E-state index is 0.485. The van der Waals surface area contributed by atoms with E-state index in [1.807, 2.05) is 30.3 Å². The second kappa shape index (κ2) is 6.43. The monoisotopic (exact) mass is 303 g/mol. The standard InChI is InChI=1S/C10H8ClN3.H2O4S/c11-9-7-14(13-6-10(9)12)8-4-2-1-3-5-8;1-5(2,3)4/h1-7,12H;(H2,1,2,3,4). The van der Waals surface area contributed by atoms with Crippen molar-refractivity contribution in [1.82, 2.24) is 5.10 Å². The number of para-hydroxylation sites is 1. The minimum atomic E-state index is -4.92. The van der Waals surface area contributed by atoms with Gasteiger partial charge in [-0.05, 0) is 0 Å². The van der Waals surface area contributed by atoms with Gasteiger partial charge in [0, 0.05) is 17.2 Å². The molecule has 0 radical (unpaired) electrons. The third-order valence-electron chi connectivity index (χ3n) is 1.85. The highest BCUT2D eigenvalue weighted by atomic mass is 35.5. The van der Waals surface area contributed by atoms with Crippen LogP contribution in [0.15, 0.2) is 42.7 Å². The van der Waals surface area contributed by atoms with Crippen LogP contribution in [0, 0.1) is 0 Å². The van der Waals surface area contributed by atoms with E-state index in [0.29, 0.717) is 10.7 Å². The molecule has 0 atom stereocenters. The Morgan fingerprint density at radius 2 is 1.84 bits per heavy atom. The largest absolute Gasteiger partial charge is 0.726 e. The van der Waals surface area contributed by atoms with E-state index in [-0.39, 0.29) is 0 Å². The fraction of sp³-hybridized carbons (Fsp3) is 0. The van der Waals surface area contributed by atoms with Crippen LogP contribution in [0.4, 0.5) is 5.69 Å². The first-order valence-corrected chi connectivity index (χ1v) is 6.58. The molecule has 0 aliphatic carbocycles. The molecular weight excluding hydrogens is 294 g/mol. The molecule has 0 spiro atoms. The topological polar surface area (TPSA) is 120 Å². The van der Waals surface area contributed by atoms with E-state index in [1.54, 1.807) is 10.9 Å². The summed E-state index contributed by atoms with van der Waals surface area (Å²) in [4.78, 5) is 0. The van der Waals surface area contributed by atoms with E-state index in [9.17, 15) is 0 Å². The van der Waals surface area contributed by atoms with Crippen molar-refractivity contribution in [3.05, 3.63) is 47.7 Å². The zero-order chi connectivity index (χ0) is 14.5. The molecule has 0 aliphatic heterocycles. The number of aromatic nitrogens is 2. The molecule has 102 valence electrons. The molecule has 0 saturated carbocycles. The van der Waals surface area contributed by atoms with Gasteiger partial charge < -0.3 is 10.3 Å². The molecule has 0 fully saturated rings. The van der Waals surface area contributed by atoms with Gasteiger partial charge in [-0.3, -0.25) is 4.55 Å². The number of rotatable bonds is 1. The summed E-state index contributed by atoms with van der Waals surface area (Å²) >= 11 is 5.88. The summed E-state index contributed by atoms with van der Waals surface area (Å²) in [7, 11) is -4.92. The molecule has 1 aromatic carbocycles. The van der Waals surface area contributed by atoms with E-state index >= 15 is 0 Å². The van der Waals surface area contributed by atoms with Crippen molar-refractivity contribution in [2.75, 3.05) is 5.73 Å². The molecule has 0 amide bonds. The Bertz CT molecular complexity index is 641. The van der Waals surface area contributed by atoms with Crippen molar-refractivity contribution < 1.29 is 22.2 Å². The molecular formula is C10H10ClN3O4S. The predicted octanol–water partition coefficient (Wildman–Crippen LogP) is 0.599. The number of benzene rings is 1. The lowest BCUT2D eigenvalue weighted by Crippen LogP contribution is -2.34. The van der Waals surface area contributed by atoms with E-state index in [4.69, 9.17) is 34.9 Å². The van der Waals surface area contributed by atoms with Gasteiger partial charge in [-0.2, -0.15) is 0 Å². The lowest BCUT2D eigenvalue weighted by Gasteiger charge is -1.95. The van der Waals surface area contributed by atoms with Crippen LogP contribution in [0.1, 0.15) is 0 Å². The van der Waals surface area contributed by atoms with Gasteiger partial charge in [0.25, 0.3) is 0 Å². The molecule has 9 heteroatoms. The molecule has 0 unspecified atom stereocenters. The van der Waals surface area contributed by atoms with E-state index in [1.165, 1.54) is 6.20 Å². The van der Waals surface area contributed by atoms with Crippen molar-refractivity contribution >= 4 is 27.7 Å². The molecule has 3 N–H and O–H groups in total. The highest BCUT2D eigenvalue weighted by molar-refractivity contribution is 7.79. The number of nitrogen functional groups attached to an aromatic ring is 1. The van der Waals surface area contributed by atoms with Gasteiger partial charge in [0.15, 0.2) is 0 Å². The third kappa shape index (κ3) is 6.11. The van der Waals surface area contributed by atoms with Crippen LogP contribution >= 0.6 is 11.6 Å². The van der Waals surface area contributed by atoms with Crippen molar-refractivity contribution in [2.45, 2.75) is 0 Å². The molecule has 0 aliphatic rings. The number of nitrogens with zero attached hydrogens (tertiary/aromatic N) is 2. The highest BCUT2D eigenvalue weighted by Crippen LogP contribution is 2.13. The summed E-state index contributed by atoms with van der Waals surface area (Å²) in [6.07, 6.45) is 3.22. The summed E-state index contributed by atoms with van der Waals surface area (Å²) < 4.78 is 34.5. The molecule has 0 saturated heterocycles. The van der Waals surface area contributed by atoms with Gasteiger partial charge in [0.1, 0.15) is 11.2 Å². The molecule has 1 heterocycles. The maximum Gasteiger partial charge on any atom is 0.238 e. The molecule has 1 aromatic heterocycles. The van der Waals surface area contributed by atoms with Crippen molar-refractivity contribution in [3.63, 3.8) is 0 Å². The van der Waals surface area contributed by atoms with E-state index < -0.39 is 10.4 Å². The Morgan fingerprint density at radius 3 is 2.32 bits per heavy atom. The average molecular weight is 304 g/mol. The first-order valence-electron chi connectivity index (χ1n) is 4.84. The number of hydrogen-bond donors (Lipinski definition) is 2. The maximum absolute atomic E-state index is 8.63. The lowest BCUT2D eigenvalue weighted by molar-refractivity contribution is -0.659. The quantitative estimate of drug-likeness (QED) is 0.452. The van der Waals surface area contributed by atoms with Crippen LogP contribution < -0.4 is 10.4 Å². The summed E-state index contributed by atoms with van der Waals surface area (Å²) in [6, 6.07) is 9.71. The Balaban J connectivity index is 0.000000312. The minimum Gasteiger partial charge on any atom is -0.726 e. The number of halogens is 1. The normalized spacial score (nSPS) is 10.5. The fourth-order valence-electron chi connectivity index (χ4n) is 1.12. The summed E-state index contributed by atoms with van der Waals surface area (Å²) in [5, 5.41) is 4.62. The van der Waals surface area contributed by atoms with Gasteiger partial charge in [-0.15, -0.1) is 0 Å². The number of nitrogens with two attached hydrogens (primary N) is 1. The number of anilines is 1. The summed E-state index contributed by atoms with van der Waals surface area (Å²) in [5.74, 6) is 0. The van der Waals surface area contributed by atoms with Gasteiger partial charge >= 0.3 is 0 Å². The zero-order valence-electron chi connectivity index (χ0n) is 9.47. The van der Waals surface area contributed by atoms with Crippen LogP contribution in [-0.2, 0) is 10.4 Å². The van der Waals surface area contributed by atoms with Crippen molar-refractivity contribution in [1.29, 1.82) is 0 Å². The first-order chi connectivity index (χ1) is 8.77. The third-order valence-corrected chi connectivity index (χ3v) is 2.17. The lowest BCUT2D eigenvalue weighted by atomic mass is 10.3. The van der Waals surface area contributed by atoms with Gasteiger partial charge in [0.05, 0.1) is 5.69 Å². The van der Waals surface area contributed by atoms with Crippen LogP contribution in [0.25, 0.3) is 5.69 Å². The molecule has 2 rings (SSSR count). The molecule has 2 aromatic rings. The summed E-state index contributed by atoms with van der Waals surface area (Å²) in [6.45, 7) is 0. The SMILES string of the molecule is Nc1cn[n+](-c2ccccc2)cc1Cl.O=S(=O)([O-])O. The van der Waals surface area contributed by atoms with E-state index in [2.05, 4.69) is 5.10 Å². The fourth-order valence-corrected chi connectivity index (χ4v) is 1.26. The molecule has 0 bridgehead atoms. The first kappa shape index (κ1) is 15.3. The Kier molecular flexibility index (Phi) is 5.19. The van der Waals surface area contributed by atoms with Gasteiger partial charge in [-0.25, -0.2) is 8.42 Å². The van der Waals surface area contributed by atoms with E-state index in [0.717, 1.165) is 5.69 Å². The Morgan fingerprint density at radius 1 is 1.32 bits per heavy atom. The van der Waals surface area contributed by atoms with Crippen LogP contribution in [-0.4, -0.2) is 22.6 Å². The van der Waals surface area contributed by atoms with Crippen molar-refractivity contribution in [2.24, 2.45) is 0 Å². The summed E-state index contributed by atoms with van der Waals surface area (Å²) in [5.41, 5.74) is 7.00. The second-order valence-electron chi connectivity index (χ2n) is 3.28. The Labute approximate surface area is 114 Å². The van der Waals surface area contributed by atoms with Crippen LogP contribution in [0.3, 0.4) is 0 Å².